The van der Waals surface area contributed by atoms with Crippen molar-refractivity contribution in [2.75, 3.05) is 0 Å². The summed E-state index contributed by atoms with van der Waals surface area (Å²) in [4.78, 5) is 30.4. The van der Waals surface area contributed by atoms with Crippen molar-refractivity contribution in [1.82, 2.24) is 9.88 Å². The molecule has 118 valence electrons. The van der Waals surface area contributed by atoms with Gasteiger partial charge in [0.1, 0.15) is 0 Å². The lowest BCUT2D eigenvalue weighted by Crippen LogP contribution is -2.53. The minimum absolute atomic E-state index is 0.0308. The number of pyridine rings is 1. The van der Waals surface area contributed by atoms with Gasteiger partial charge in [0.05, 0.1) is 11.1 Å². The first kappa shape index (κ1) is 15.0. The highest BCUT2D eigenvalue weighted by Crippen LogP contribution is 2.55. The first-order valence-corrected chi connectivity index (χ1v) is 7.81. The molecular weight excluding hydrogens is 280 g/mol. The quantitative estimate of drug-likeness (QED) is 0.589. The number of amides is 1. The molecule has 0 aliphatic carbocycles. The first-order valence-electron chi connectivity index (χ1n) is 7.81. The van der Waals surface area contributed by atoms with Crippen LogP contribution in [0.4, 0.5) is 4.79 Å². The van der Waals surface area contributed by atoms with Crippen LogP contribution in [0.25, 0.3) is 0 Å². The minimum Gasteiger partial charge on any atom is -0.372 e. The zero-order valence-corrected chi connectivity index (χ0v) is 13.3. The smallest absolute Gasteiger partial charge is 0.372 e. The van der Waals surface area contributed by atoms with Crippen LogP contribution in [0.15, 0.2) is 24.5 Å². The second-order valence-electron chi connectivity index (χ2n) is 7.27. The van der Waals surface area contributed by atoms with Gasteiger partial charge in [-0.05, 0) is 43.2 Å². The number of hydrogen-bond donors (Lipinski definition) is 0. The van der Waals surface area contributed by atoms with Gasteiger partial charge in [0.15, 0.2) is 0 Å². The molecule has 2 aliphatic rings. The van der Waals surface area contributed by atoms with Gasteiger partial charge in [0, 0.05) is 18.4 Å². The van der Waals surface area contributed by atoms with Crippen LogP contribution in [-0.2, 0) is 4.74 Å². The zero-order valence-electron chi connectivity index (χ0n) is 13.3. The molecule has 1 amide bonds. The third-order valence-electron chi connectivity index (χ3n) is 5.30. The number of hydrogen-bond acceptors (Lipinski definition) is 4. The van der Waals surface area contributed by atoms with Crippen molar-refractivity contribution >= 4 is 12.1 Å². The molecule has 2 saturated heterocycles. The third-order valence-corrected chi connectivity index (χ3v) is 5.30. The van der Waals surface area contributed by atoms with Crippen LogP contribution in [0.2, 0.25) is 0 Å². The summed E-state index contributed by atoms with van der Waals surface area (Å²) < 4.78 is 5.14. The minimum atomic E-state index is -0.609. The Hall–Kier alpha value is -1.91. The number of fused-ring (bicyclic) bond motifs is 2. The Kier molecular flexibility index (Phi) is 3.46. The molecule has 1 aromatic heterocycles. The molecule has 22 heavy (non-hydrogen) atoms. The van der Waals surface area contributed by atoms with E-state index >= 15 is 0 Å². The molecule has 0 unspecified atom stereocenters. The van der Waals surface area contributed by atoms with Gasteiger partial charge in [-0.25, -0.2) is 9.59 Å². The fourth-order valence-corrected chi connectivity index (χ4v) is 4.04. The molecule has 0 N–H and O–H groups in total. The summed E-state index contributed by atoms with van der Waals surface area (Å²) in [5, 5.41) is 0. The molecule has 5 heteroatoms. The molecule has 0 aromatic carbocycles. The molecule has 0 saturated carbocycles. The summed E-state index contributed by atoms with van der Waals surface area (Å²) in [5.74, 6) is -0.609. The van der Waals surface area contributed by atoms with Crippen LogP contribution >= 0.6 is 0 Å². The predicted molar refractivity (Wildman–Crippen MR) is 81.3 cm³/mol. The standard InChI is InChI=1S/C17H22N2O3/c1-16(2,3)17-8-4-13(5-9-17)19(17)15(21)22-14(20)12-6-10-18-11-7-12/h6-7,10-11,13H,4-5,8-9H2,1-3H3. The van der Waals surface area contributed by atoms with E-state index in [-0.39, 0.29) is 17.0 Å². The molecular formula is C17H22N2O3. The van der Waals surface area contributed by atoms with Crippen LogP contribution in [-0.4, -0.2) is 33.5 Å². The maximum absolute atomic E-state index is 12.6. The first-order chi connectivity index (χ1) is 10.3. The second-order valence-corrected chi connectivity index (χ2v) is 7.27. The van der Waals surface area contributed by atoms with Crippen LogP contribution in [0, 0.1) is 5.41 Å². The number of carbonyl (C=O) groups excluding carboxylic acids is 2. The number of carbonyl (C=O) groups is 2. The fourth-order valence-electron chi connectivity index (χ4n) is 4.04. The highest BCUT2D eigenvalue weighted by molar-refractivity contribution is 5.96. The Balaban J connectivity index is 1.79. The van der Waals surface area contributed by atoms with Crippen molar-refractivity contribution in [3.63, 3.8) is 0 Å². The summed E-state index contributed by atoms with van der Waals surface area (Å²) in [7, 11) is 0. The van der Waals surface area contributed by atoms with E-state index in [4.69, 9.17) is 4.74 Å². The van der Waals surface area contributed by atoms with Gasteiger partial charge in [0.25, 0.3) is 0 Å². The van der Waals surface area contributed by atoms with E-state index in [2.05, 4.69) is 25.8 Å². The molecule has 1 aromatic rings. The Bertz CT molecular complexity index is 584. The van der Waals surface area contributed by atoms with Crippen LogP contribution in [0.3, 0.4) is 0 Å². The highest BCUT2D eigenvalue weighted by Gasteiger charge is 2.60. The highest BCUT2D eigenvalue weighted by atomic mass is 16.6. The molecule has 0 atom stereocenters. The zero-order chi connectivity index (χ0) is 16.0. The maximum Gasteiger partial charge on any atom is 0.418 e. The second kappa shape index (κ2) is 5.07. The summed E-state index contributed by atoms with van der Waals surface area (Å²) >= 11 is 0. The third kappa shape index (κ3) is 2.19. The number of nitrogens with zero attached hydrogens (tertiary/aromatic N) is 2. The van der Waals surface area contributed by atoms with Gasteiger partial charge in [-0.15, -0.1) is 0 Å². The summed E-state index contributed by atoms with van der Waals surface area (Å²) in [6, 6.07) is 3.30. The maximum atomic E-state index is 12.6. The van der Waals surface area contributed by atoms with Crippen molar-refractivity contribution in [3.8, 4) is 0 Å². The van der Waals surface area contributed by atoms with Crippen molar-refractivity contribution in [2.45, 2.75) is 58.0 Å². The molecule has 2 aliphatic heterocycles. The SMILES string of the molecule is CC(C)(C)C12CCC(CC1)N2C(=O)OC(=O)c1ccncc1. The van der Waals surface area contributed by atoms with Gasteiger partial charge in [-0.2, -0.15) is 0 Å². The van der Waals surface area contributed by atoms with Crippen LogP contribution in [0.1, 0.15) is 56.8 Å². The Morgan fingerprint density at radius 2 is 1.82 bits per heavy atom. The van der Waals surface area contributed by atoms with E-state index in [9.17, 15) is 9.59 Å². The van der Waals surface area contributed by atoms with Crippen molar-refractivity contribution in [3.05, 3.63) is 30.1 Å². The van der Waals surface area contributed by atoms with Gasteiger partial charge < -0.3 is 4.74 Å². The molecule has 0 spiro atoms. The molecule has 3 rings (SSSR count). The van der Waals surface area contributed by atoms with Crippen molar-refractivity contribution in [2.24, 2.45) is 5.41 Å². The Morgan fingerprint density at radius 1 is 1.23 bits per heavy atom. The van der Waals surface area contributed by atoms with Gasteiger partial charge in [-0.3, -0.25) is 9.88 Å². The summed E-state index contributed by atoms with van der Waals surface area (Å²) in [6.45, 7) is 6.48. The molecule has 5 nitrogen and oxygen atoms in total. The van der Waals surface area contributed by atoms with Crippen molar-refractivity contribution < 1.29 is 14.3 Å². The molecule has 0 radical (unpaired) electrons. The van der Waals surface area contributed by atoms with Crippen LogP contribution in [0.5, 0.6) is 0 Å². The van der Waals surface area contributed by atoms with Crippen molar-refractivity contribution in [1.29, 1.82) is 0 Å². The Morgan fingerprint density at radius 3 is 2.36 bits per heavy atom. The lowest BCUT2D eigenvalue weighted by Gasteiger charge is -2.44. The van der Waals surface area contributed by atoms with E-state index in [1.807, 2.05) is 4.90 Å². The number of ether oxygens (including phenoxy) is 1. The lowest BCUT2D eigenvalue weighted by atomic mass is 9.69. The van der Waals surface area contributed by atoms with E-state index in [0.717, 1.165) is 25.7 Å². The monoisotopic (exact) mass is 302 g/mol. The fraction of sp³-hybridized carbons (Fsp3) is 0.588. The topological polar surface area (TPSA) is 59.5 Å². The molecule has 2 bridgehead atoms. The largest absolute Gasteiger partial charge is 0.418 e. The molecule has 3 heterocycles. The predicted octanol–water partition coefficient (Wildman–Crippen LogP) is 3.40. The normalized spacial score (nSPS) is 27.0. The number of esters is 1. The van der Waals surface area contributed by atoms with Gasteiger partial charge in [0.2, 0.25) is 0 Å². The van der Waals surface area contributed by atoms with E-state index in [1.165, 1.54) is 12.4 Å². The van der Waals surface area contributed by atoms with E-state index in [0.29, 0.717) is 5.56 Å². The average Bonchev–Trinajstić information content (AvgIpc) is 3.04. The average molecular weight is 302 g/mol. The Labute approximate surface area is 130 Å². The van der Waals surface area contributed by atoms with Gasteiger partial charge >= 0.3 is 12.1 Å². The van der Waals surface area contributed by atoms with Crippen LogP contribution < -0.4 is 0 Å². The summed E-state index contributed by atoms with van der Waals surface area (Å²) in [5.41, 5.74) is 0.129. The number of aromatic nitrogens is 1. The number of rotatable bonds is 1. The summed E-state index contributed by atoms with van der Waals surface area (Å²) in [6.07, 6.45) is 6.48. The van der Waals surface area contributed by atoms with Gasteiger partial charge in [-0.1, -0.05) is 20.8 Å². The van der Waals surface area contributed by atoms with E-state index in [1.54, 1.807) is 12.1 Å². The van der Waals surface area contributed by atoms with E-state index < -0.39 is 12.1 Å². The molecule has 2 fully saturated rings. The lowest BCUT2D eigenvalue weighted by molar-refractivity contribution is 0.0238.